The number of nitrogens with one attached hydrogen (secondary N) is 1. The van der Waals surface area contributed by atoms with Gasteiger partial charge in [0, 0.05) is 25.0 Å². The molecular formula is C26H27FN4O2S. The van der Waals surface area contributed by atoms with E-state index in [-0.39, 0.29) is 17.8 Å². The van der Waals surface area contributed by atoms with Gasteiger partial charge in [0.05, 0.1) is 36.4 Å². The summed E-state index contributed by atoms with van der Waals surface area (Å²) in [5.41, 5.74) is 3.06. The van der Waals surface area contributed by atoms with Crippen molar-refractivity contribution in [2.24, 2.45) is 0 Å². The Morgan fingerprint density at radius 1 is 1.15 bits per heavy atom. The zero-order chi connectivity index (χ0) is 23.5. The molecule has 1 N–H and O–H groups in total. The average Bonchev–Trinajstić information content (AvgIpc) is 3.43. The highest BCUT2D eigenvalue weighted by Crippen LogP contribution is 2.29. The Morgan fingerprint density at radius 2 is 1.88 bits per heavy atom. The molecule has 0 saturated carbocycles. The summed E-state index contributed by atoms with van der Waals surface area (Å²) in [6, 6.07) is 18.6. The van der Waals surface area contributed by atoms with Crippen LogP contribution in [0.3, 0.4) is 0 Å². The van der Waals surface area contributed by atoms with Crippen LogP contribution < -0.4 is 5.32 Å². The minimum atomic E-state index is -0.265. The molecule has 0 bridgehead atoms. The van der Waals surface area contributed by atoms with E-state index in [9.17, 15) is 9.18 Å². The number of carbonyl (C=O) groups is 1. The summed E-state index contributed by atoms with van der Waals surface area (Å²) >= 11 is 1.46. The van der Waals surface area contributed by atoms with Gasteiger partial charge < -0.3 is 10.1 Å². The van der Waals surface area contributed by atoms with Crippen molar-refractivity contribution >= 4 is 27.5 Å². The van der Waals surface area contributed by atoms with E-state index in [1.54, 1.807) is 12.1 Å². The van der Waals surface area contributed by atoms with Gasteiger partial charge in [-0.3, -0.25) is 14.4 Å². The monoisotopic (exact) mass is 478 g/mol. The number of carbonyl (C=O) groups excluding carboxylic acids is 1. The van der Waals surface area contributed by atoms with Crippen molar-refractivity contribution in [2.75, 3.05) is 32.8 Å². The number of ether oxygens (including phenoxy) is 1. The van der Waals surface area contributed by atoms with Crippen molar-refractivity contribution in [1.29, 1.82) is 0 Å². The van der Waals surface area contributed by atoms with Crippen LogP contribution in [0, 0.1) is 12.7 Å². The molecule has 1 atom stereocenters. The number of fused-ring (bicyclic) bond motifs is 1. The van der Waals surface area contributed by atoms with E-state index in [0.717, 1.165) is 34.6 Å². The second-order valence-corrected chi connectivity index (χ2v) is 9.51. The number of benzene rings is 2. The van der Waals surface area contributed by atoms with Crippen molar-refractivity contribution in [3.63, 3.8) is 0 Å². The first-order valence-electron chi connectivity index (χ1n) is 11.4. The Balaban J connectivity index is 1.33. The predicted molar refractivity (Wildman–Crippen MR) is 132 cm³/mol. The first kappa shape index (κ1) is 22.7. The van der Waals surface area contributed by atoms with Crippen LogP contribution in [0.2, 0.25) is 0 Å². The first-order chi connectivity index (χ1) is 16.6. The lowest BCUT2D eigenvalue weighted by molar-refractivity contribution is 0.0162. The van der Waals surface area contributed by atoms with Gasteiger partial charge in [0.1, 0.15) is 10.6 Å². The van der Waals surface area contributed by atoms with E-state index in [1.807, 2.05) is 35.9 Å². The van der Waals surface area contributed by atoms with Crippen molar-refractivity contribution in [1.82, 2.24) is 20.0 Å². The molecule has 176 valence electrons. The van der Waals surface area contributed by atoms with E-state index >= 15 is 0 Å². The number of halogens is 1. The second-order valence-electron chi connectivity index (χ2n) is 8.48. The SMILES string of the molecule is Cc1nn(Cc2ccccc2)c2sc(C(=O)NCC(c3ccc(F)cc3)N3CCOCC3)cc12. The Bertz CT molecular complexity index is 1260. The van der Waals surface area contributed by atoms with E-state index in [1.165, 1.54) is 29.0 Å². The lowest BCUT2D eigenvalue weighted by Crippen LogP contribution is -2.43. The van der Waals surface area contributed by atoms with Crippen molar-refractivity contribution < 1.29 is 13.9 Å². The van der Waals surface area contributed by atoms with Crippen LogP contribution in [0.15, 0.2) is 60.7 Å². The van der Waals surface area contributed by atoms with Crippen LogP contribution >= 0.6 is 11.3 Å². The Hall–Kier alpha value is -3.07. The van der Waals surface area contributed by atoms with Gasteiger partial charge in [0.25, 0.3) is 5.91 Å². The average molecular weight is 479 g/mol. The summed E-state index contributed by atoms with van der Waals surface area (Å²) in [7, 11) is 0. The molecule has 4 aromatic rings. The molecule has 3 heterocycles. The number of hydrogen-bond acceptors (Lipinski definition) is 5. The maximum absolute atomic E-state index is 13.5. The molecule has 1 unspecified atom stereocenters. The third-order valence-electron chi connectivity index (χ3n) is 6.20. The minimum absolute atomic E-state index is 0.0434. The predicted octanol–water partition coefficient (Wildman–Crippen LogP) is 4.40. The summed E-state index contributed by atoms with van der Waals surface area (Å²) in [5, 5.41) is 8.80. The Labute approximate surface area is 202 Å². The van der Waals surface area contributed by atoms with Gasteiger partial charge in [-0.15, -0.1) is 11.3 Å². The molecule has 1 saturated heterocycles. The van der Waals surface area contributed by atoms with E-state index < -0.39 is 0 Å². The highest BCUT2D eigenvalue weighted by Gasteiger charge is 2.24. The van der Waals surface area contributed by atoms with Crippen LogP contribution in [-0.4, -0.2) is 53.4 Å². The minimum Gasteiger partial charge on any atom is -0.379 e. The Morgan fingerprint density at radius 3 is 2.62 bits per heavy atom. The van der Waals surface area contributed by atoms with Crippen LogP contribution in [0.4, 0.5) is 4.39 Å². The Kier molecular flexibility index (Phi) is 6.71. The molecule has 2 aromatic carbocycles. The van der Waals surface area contributed by atoms with Crippen LogP contribution in [0.25, 0.3) is 10.2 Å². The standard InChI is InChI=1S/C26H27FN4O2S/c1-18-22-15-24(34-26(22)31(29-18)17-19-5-3-2-4-6-19)25(32)28-16-23(30-11-13-33-14-12-30)20-7-9-21(27)10-8-20/h2-10,15,23H,11-14,16-17H2,1H3,(H,28,32). The molecule has 8 heteroatoms. The smallest absolute Gasteiger partial charge is 0.261 e. The molecular weight excluding hydrogens is 451 g/mol. The van der Waals surface area contributed by atoms with Gasteiger partial charge in [-0.1, -0.05) is 42.5 Å². The number of hydrogen-bond donors (Lipinski definition) is 1. The lowest BCUT2D eigenvalue weighted by atomic mass is 10.0. The number of nitrogens with zero attached hydrogens (tertiary/aromatic N) is 3. The maximum Gasteiger partial charge on any atom is 0.261 e. The number of rotatable bonds is 7. The molecule has 1 fully saturated rings. The third-order valence-corrected chi connectivity index (χ3v) is 7.35. The third kappa shape index (κ3) is 4.89. The number of morpholine rings is 1. The summed E-state index contributed by atoms with van der Waals surface area (Å²) in [4.78, 5) is 17.1. The van der Waals surface area contributed by atoms with Gasteiger partial charge in [-0.05, 0) is 36.2 Å². The van der Waals surface area contributed by atoms with E-state index in [4.69, 9.17) is 4.74 Å². The van der Waals surface area contributed by atoms with Crippen molar-refractivity contribution in [3.8, 4) is 0 Å². The van der Waals surface area contributed by atoms with Crippen LogP contribution in [-0.2, 0) is 11.3 Å². The van der Waals surface area contributed by atoms with Crippen molar-refractivity contribution in [3.05, 3.63) is 88.2 Å². The van der Waals surface area contributed by atoms with Gasteiger partial charge in [-0.2, -0.15) is 5.10 Å². The molecule has 34 heavy (non-hydrogen) atoms. The van der Waals surface area contributed by atoms with Crippen LogP contribution in [0.1, 0.15) is 32.5 Å². The van der Waals surface area contributed by atoms with Gasteiger partial charge >= 0.3 is 0 Å². The zero-order valence-corrected chi connectivity index (χ0v) is 19.9. The van der Waals surface area contributed by atoms with Gasteiger partial charge in [0.15, 0.2) is 0 Å². The normalized spacial score (nSPS) is 15.5. The highest BCUT2D eigenvalue weighted by atomic mass is 32.1. The second kappa shape index (κ2) is 10.0. The number of thiophene rings is 1. The maximum atomic E-state index is 13.5. The number of amides is 1. The highest BCUT2D eigenvalue weighted by molar-refractivity contribution is 7.20. The molecule has 5 rings (SSSR count). The molecule has 0 spiro atoms. The van der Waals surface area contributed by atoms with Crippen molar-refractivity contribution in [2.45, 2.75) is 19.5 Å². The quantitative estimate of drug-likeness (QED) is 0.428. The molecule has 0 radical (unpaired) electrons. The molecule has 2 aromatic heterocycles. The fourth-order valence-electron chi connectivity index (χ4n) is 4.40. The van der Waals surface area contributed by atoms with Gasteiger partial charge in [-0.25, -0.2) is 4.39 Å². The van der Waals surface area contributed by atoms with Gasteiger partial charge in [0.2, 0.25) is 0 Å². The topological polar surface area (TPSA) is 59.4 Å². The molecule has 6 nitrogen and oxygen atoms in total. The summed E-state index contributed by atoms with van der Waals surface area (Å²) in [6.07, 6.45) is 0. The summed E-state index contributed by atoms with van der Waals surface area (Å²) < 4.78 is 21.0. The molecule has 1 amide bonds. The molecule has 0 aliphatic carbocycles. The number of aromatic nitrogens is 2. The summed E-state index contributed by atoms with van der Waals surface area (Å²) in [5.74, 6) is -0.370. The zero-order valence-electron chi connectivity index (χ0n) is 19.0. The first-order valence-corrected chi connectivity index (χ1v) is 12.3. The molecule has 1 aliphatic heterocycles. The fourth-order valence-corrected chi connectivity index (χ4v) is 5.47. The van der Waals surface area contributed by atoms with E-state index in [2.05, 4.69) is 27.4 Å². The lowest BCUT2D eigenvalue weighted by Gasteiger charge is -2.34. The summed E-state index contributed by atoms with van der Waals surface area (Å²) in [6.45, 7) is 5.93. The van der Waals surface area contributed by atoms with E-state index in [0.29, 0.717) is 31.2 Å². The van der Waals surface area contributed by atoms with Crippen LogP contribution in [0.5, 0.6) is 0 Å². The fraction of sp³-hybridized carbons (Fsp3) is 0.308. The molecule has 1 aliphatic rings. The largest absolute Gasteiger partial charge is 0.379 e. The number of aryl methyl sites for hydroxylation is 1.